The van der Waals surface area contributed by atoms with Crippen molar-refractivity contribution in [2.75, 3.05) is 7.11 Å². The van der Waals surface area contributed by atoms with Gasteiger partial charge in [0, 0.05) is 17.3 Å². The fraction of sp³-hybridized carbons (Fsp3) is 0.125. The first-order chi connectivity index (χ1) is 15.9. The molecule has 3 aromatic carbocycles. The zero-order valence-corrected chi connectivity index (χ0v) is 18.5. The van der Waals surface area contributed by atoms with Crippen molar-refractivity contribution in [3.05, 3.63) is 93.0 Å². The van der Waals surface area contributed by atoms with E-state index in [4.69, 9.17) is 26.3 Å². The van der Waals surface area contributed by atoms with E-state index in [1.54, 1.807) is 7.11 Å². The smallest absolute Gasteiger partial charge is 0.287 e. The Hall–Kier alpha value is -4.04. The molecule has 1 aliphatic heterocycles. The van der Waals surface area contributed by atoms with Gasteiger partial charge in [-0.25, -0.2) is 4.99 Å². The summed E-state index contributed by atoms with van der Waals surface area (Å²) in [7, 11) is 1.59. The van der Waals surface area contributed by atoms with Crippen molar-refractivity contribution < 1.29 is 14.5 Å². The number of nitro benzene ring substituents is 1. The lowest BCUT2D eigenvalue weighted by Gasteiger charge is -2.20. The maximum absolute atomic E-state index is 13.1. The monoisotopic (exact) mass is 462 g/mol. The van der Waals surface area contributed by atoms with E-state index in [2.05, 4.69) is 5.32 Å². The molecule has 1 atom stereocenters. The van der Waals surface area contributed by atoms with Gasteiger partial charge in [-0.2, -0.15) is 0 Å². The quantitative estimate of drug-likeness (QED) is 0.402. The number of carbonyl (C=O) groups is 1. The Labute approximate surface area is 194 Å². The molecule has 0 aliphatic carbocycles. The molecule has 4 rings (SSSR count). The summed E-state index contributed by atoms with van der Waals surface area (Å²) in [5.41, 5.74) is 2.82. The fourth-order valence-corrected chi connectivity index (χ4v) is 3.83. The summed E-state index contributed by atoms with van der Waals surface area (Å²) < 4.78 is 5.25. The summed E-state index contributed by atoms with van der Waals surface area (Å²) in [6.45, 7) is 1.88. The summed E-state index contributed by atoms with van der Waals surface area (Å²) in [5, 5.41) is 13.8. The minimum atomic E-state index is -0.601. The Balaban J connectivity index is 1.75. The first kappa shape index (κ1) is 22.2. The number of rotatable bonds is 4. The van der Waals surface area contributed by atoms with Crippen molar-refractivity contribution in [2.45, 2.75) is 12.8 Å². The Kier molecular flexibility index (Phi) is 6.19. The lowest BCUT2D eigenvalue weighted by Crippen LogP contribution is -2.37. The number of para-hydroxylation sites is 2. The molecule has 3 aromatic rings. The molecule has 33 heavy (non-hydrogen) atoms. The SMILES string of the molecule is COc1ccc([C@H]2C(C)=Nc3ccccc3N=C2NC(=O)c2ccc([N+](=O)[O-])c(Cl)c2)cc1. The molecular formula is C24H19ClN4O4. The predicted octanol–water partition coefficient (Wildman–Crippen LogP) is 5.61. The van der Waals surface area contributed by atoms with Crippen molar-refractivity contribution in [3.63, 3.8) is 0 Å². The predicted molar refractivity (Wildman–Crippen MR) is 128 cm³/mol. The summed E-state index contributed by atoms with van der Waals surface area (Å²) in [4.78, 5) is 33.0. The van der Waals surface area contributed by atoms with Crippen LogP contribution in [-0.2, 0) is 0 Å². The van der Waals surface area contributed by atoms with E-state index in [1.165, 1.54) is 18.2 Å². The van der Waals surface area contributed by atoms with Gasteiger partial charge in [-0.05, 0) is 48.9 Å². The number of halogens is 1. The molecule has 1 amide bonds. The van der Waals surface area contributed by atoms with Crippen molar-refractivity contribution in [1.29, 1.82) is 0 Å². The molecule has 8 nitrogen and oxygen atoms in total. The van der Waals surface area contributed by atoms with Gasteiger partial charge in [0.15, 0.2) is 0 Å². The van der Waals surface area contributed by atoms with E-state index in [0.717, 1.165) is 11.3 Å². The average molecular weight is 463 g/mol. The Morgan fingerprint density at radius 3 is 2.33 bits per heavy atom. The minimum Gasteiger partial charge on any atom is -0.497 e. The zero-order valence-electron chi connectivity index (χ0n) is 17.8. The van der Waals surface area contributed by atoms with E-state index in [1.807, 2.05) is 55.5 Å². The third-order valence-corrected chi connectivity index (χ3v) is 5.51. The lowest BCUT2D eigenvalue weighted by atomic mass is 9.93. The van der Waals surface area contributed by atoms with E-state index in [0.29, 0.717) is 23.0 Å². The van der Waals surface area contributed by atoms with E-state index >= 15 is 0 Å². The molecule has 0 unspecified atom stereocenters. The molecule has 9 heteroatoms. The number of amidine groups is 1. The number of hydrogen-bond donors (Lipinski definition) is 1. The van der Waals surface area contributed by atoms with Crippen molar-refractivity contribution in [3.8, 4) is 5.75 Å². The molecule has 0 fully saturated rings. The largest absolute Gasteiger partial charge is 0.497 e. The van der Waals surface area contributed by atoms with Crippen molar-refractivity contribution in [1.82, 2.24) is 5.32 Å². The Bertz CT molecular complexity index is 1300. The minimum absolute atomic E-state index is 0.120. The van der Waals surface area contributed by atoms with Crippen LogP contribution in [0, 0.1) is 10.1 Å². The third kappa shape index (κ3) is 4.61. The number of benzene rings is 3. The zero-order chi connectivity index (χ0) is 23.5. The summed E-state index contributed by atoms with van der Waals surface area (Å²) in [6.07, 6.45) is 0. The van der Waals surface area contributed by atoms with Crippen LogP contribution in [0.5, 0.6) is 5.75 Å². The van der Waals surface area contributed by atoms with Crippen molar-refractivity contribution >= 4 is 46.1 Å². The van der Waals surface area contributed by atoms with Gasteiger partial charge < -0.3 is 10.1 Å². The molecule has 0 aromatic heterocycles. The number of nitrogens with one attached hydrogen (secondary N) is 1. The molecular weight excluding hydrogens is 444 g/mol. The van der Waals surface area contributed by atoms with Crippen molar-refractivity contribution in [2.24, 2.45) is 9.98 Å². The highest BCUT2D eigenvalue weighted by Gasteiger charge is 2.27. The van der Waals surface area contributed by atoms with Crippen LogP contribution in [0.1, 0.15) is 28.8 Å². The molecule has 1 heterocycles. The summed E-state index contributed by atoms with van der Waals surface area (Å²) >= 11 is 6.00. The standard InChI is InChI=1S/C24H19ClN4O4/c1-14-22(15-7-10-17(33-2)11-8-15)23(27-20-6-4-3-5-19(20)26-14)28-24(30)16-9-12-21(29(31)32)18(25)13-16/h3-13,22H,1-2H3,(H,27,28,30)/t22-/m1/s1. The first-order valence-electron chi connectivity index (χ1n) is 9.99. The molecule has 1 N–H and O–H groups in total. The van der Waals surface area contributed by atoms with Crippen LogP contribution >= 0.6 is 11.6 Å². The van der Waals surface area contributed by atoms with Gasteiger partial charge in [0.2, 0.25) is 0 Å². The second-order valence-electron chi connectivity index (χ2n) is 7.32. The second-order valence-corrected chi connectivity index (χ2v) is 7.73. The highest BCUT2D eigenvalue weighted by Crippen LogP contribution is 2.35. The molecule has 166 valence electrons. The van der Waals surface area contributed by atoms with Crippen LogP contribution in [-0.4, -0.2) is 29.5 Å². The van der Waals surface area contributed by atoms with Gasteiger partial charge in [-0.1, -0.05) is 35.9 Å². The van der Waals surface area contributed by atoms with Crippen LogP contribution in [0.3, 0.4) is 0 Å². The number of hydrogen-bond acceptors (Lipinski definition) is 6. The number of nitro groups is 1. The molecule has 0 saturated carbocycles. The average Bonchev–Trinajstić information content (AvgIpc) is 2.94. The van der Waals surface area contributed by atoms with Gasteiger partial charge in [0.1, 0.15) is 16.6 Å². The second kappa shape index (κ2) is 9.22. The number of aliphatic imine (C=N–C) groups is 2. The van der Waals surface area contributed by atoms with Gasteiger partial charge in [-0.15, -0.1) is 0 Å². The number of ether oxygens (including phenoxy) is 1. The number of amides is 1. The van der Waals surface area contributed by atoms with Crippen LogP contribution in [0.2, 0.25) is 5.02 Å². The van der Waals surface area contributed by atoms with Gasteiger partial charge in [-0.3, -0.25) is 19.9 Å². The first-order valence-corrected chi connectivity index (χ1v) is 10.4. The van der Waals surface area contributed by atoms with Gasteiger partial charge >= 0.3 is 0 Å². The van der Waals surface area contributed by atoms with Gasteiger partial charge in [0.05, 0.1) is 29.3 Å². The number of nitrogens with zero attached hydrogens (tertiary/aromatic N) is 3. The summed E-state index contributed by atoms with van der Waals surface area (Å²) in [6, 6.07) is 18.7. The molecule has 0 spiro atoms. The van der Waals surface area contributed by atoms with E-state index in [-0.39, 0.29) is 16.3 Å². The molecule has 0 radical (unpaired) electrons. The maximum Gasteiger partial charge on any atom is 0.287 e. The highest BCUT2D eigenvalue weighted by atomic mass is 35.5. The molecule has 1 aliphatic rings. The number of methoxy groups -OCH3 is 1. The summed E-state index contributed by atoms with van der Waals surface area (Å²) in [5.74, 6) is 0.163. The normalized spacial score (nSPS) is 14.9. The fourth-order valence-electron chi connectivity index (χ4n) is 3.58. The van der Waals surface area contributed by atoms with Crippen LogP contribution in [0.4, 0.5) is 17.1 Å². The molecule has 0 saturated heterocycles. The third-order valence-electron chi connectivity index (χ3n) is 5.21. The van der Waals surface area contributed by atoms with Crippen LogP contribution < -0.4 is 10.1 Å². The topological polar surface area (TPSA) is 106 Å². The number of carbonyl (C=O) groups excluding carboxylic acids is 1. The Morgan fingerprint density at radius 2 is 1.73 bits per heavy atom. The lowest BCUT2D eigenvalue weighted by molar-refractivity contribution is -0.384. The van der Waals surface area contributed by atoms with E-state index in [9.17, 15) is 14.9 Å². The van der Waals surface area contributed by atoms with E-state index < -0.39 is 16.7 Å². The van der Waals surface area contributed by atoms with Crippen LogP contribution in [0.15, 0.2) is 76.7 Å². The van der Waals surface area contributed by atoms with Gasteiger partial charge in [0.25, 0.3) is 11.6 Å². The molecule has 0 bridgehead atoms. The number of fused-ring (bicyclic) bond motifs is 1. The van der Waals surface area contributed by atoms with Crippen LogP contribution in [0.25, 0.3) is 0 Å². The maximum atomic E-state index is 13.1. The highest BCUT2D eigenvalue weighted by molar-refractivity contribution is 6.33. The Morgan fingerprint density at radius 1 is 1.06 bits per heavy atom.